The number of hydrogen-bond acceptors (Lipinski definition) is 6. The van der Waals surface area contributed by atoms with E-state index in [-0.39, 0.29) is 12.0 Å². The number of hydrogen-bond donors (Lipinski definition) is 1. The third kappa shape index (κ3) is 3.93. The molecule has 2 saturated heterocycles. The standard InChI is InChI=1S/C21H30N4O2/c1-17-22-20(27-23-17)21-15-24(11-8-18-6-3-2-4-7-18)12-9-19(21)14-25(16-21)10-5-13-26/h2-4,6-7,19,26H,5,8-16H2,1H3/t19-,21-/m0/s1. The van der Waals surface area contributed by atoms with Gasteiger partial charge in [-0.05, 0) is 44.2 Å². The van der Waals surface area contributed by atoms with Crippen molar-refractivity contribution in [1.29, 1.82) is 0 Å². The summed E-state index contributed by atoms with van der Waals surface area (Å²) < 4.78 is 5.71. The predicted octanol–water partition coefficient (Wildman–Crippen LogP) is 1.88. The minimum atomic E-state index is -0.0777. The minimum absolute atomic E-state index is 0.0777. The number of aromatic nitrogens is 2. The molecular weight excluding hydrogens is 340 g/mol. The van der Waals surface area contributed by atoms with E-state index in [9.17, 15) is 5.11 Å². The van der Waals surface area contributed by atoms with Crippen LogP contribution in [0.4, 0.5) is 0 Å². The quantitative estimate of drug-likeness (QED) is 0.803. The second-order valence-electron chi connectivity index (χ2n) is 8.11. The van der Waals surface area contributed by atoms with Crippen molar-refractivity contribution in [1.82, 2.24) is 19.9 Å². The Kier molecular flexibility index (Phi) is 5.57. The molecule has 1 N–H and O–H groups in total. The van der Waals surface area contributed by atoms with Crippen LogP contribution >= 0.6 is 0 Å². The highest BCUT2D eigenvalue weighted by Gasteiger charge is 2.53. The second-order valence-corrected chi connectivity index (χ2v) is 8.11. The topological polar surface area (TPSA) is 65.6 Å². The molecule has 27 heavy (non-hydrogen) atoms. The first kappa shape index (κ1) is 18.6. The zero-order chi connectivity index (χ0) is 18.7. The predicted molar refractivity (Wildman–Crippen MR) is 104 cm³/mol. The zero-order valence-electron chi connectivity index (χ0n) is 16.2. The molecule has 146 valence electrons. The Hall–Kier alpha value is -1.76. The molecule has 4 rings (SSSR count). The summed E-state index contributed by atoms with van der Waals surface area (Å²) in [6, 6.07) is 10.7. The van der Waals surface area contributed by atoms with Crippen molar-refractivity contribution in [3.8, 4) is 0 Å². The van der Waals surface area contributed by atoms with Gasteiger partial charge in [0, 0.05) is 39.3 Å². The SMILES string of the molecule is Cc1noc([C@]23CN(CCc4ccccc4)CC[C@H]2CN(CCCO)C3)n1. The van der Waals surface area contributed by atoms with Crippen LogP contribution in [0.1, 0.15) is 30.1 Å². The summed E-state index contributed by atoms with van der Waals surface area (Å²) in [5.41, 5.74) is 1.31. The van der Waals surface area contributed by atoms with Crippen LogP contribution in [-0.4, -0.2) is 70.9 Å². The first-order chi connectivity index (χ1) is 13.2. The highest BCUT2D eigenvalue weighted by Crippen LogP contribution is 2.44. The lowest BCUT2D eigenvalue weighted by Crippen LogP contribution is -2.52. The van der Waals surface area contributed by atoms with Gasteiger partial charge < -0.3 is 19.4 Å². The molecule has 1 aromatic carbocycles. The van der Waals surface area contributed by atoms with E-state index in [2.05, 4.69) is 50.3 Å². The number of benzene rings is 1. The molecule has 3 heterocycles. The lowest BCUT2D eigenvalue weighted by Gasteiger charge is -2.42. The molecular formula is C21H30N4O2. The van der Waals surface area contributed by atoms with Gasteiger partial charge >= 0.3 is 0 Å². The fourth-order valence-electron chi connectivity index (χ4n) is 4.84. The molecule has 2 aromatic rings. The number of piperidine rings is 1. The normalized spacial score (nSPS) is 26.4. The highest BCUT2D eigenvalue weighted by molar-refractivity contribution is 5.18. The summed E-state index contributed by atoms with van der Waals surface area (Å²) in [5.74, 6) is 2.07. The van der Waals surface area contributed by atoms with Crippen LogP contribution in [-0.2, 0) is 11.8 Å². The van der Waals surface area contributed by atoms with Crippen molar-refractivity contribution in [3.05, 3.63) is 47.6 Å². The molecule has 6 heteroatoms. The van der Waals surface area contributed by atoms with Gasteiger partial charge in [-0.3, -0.25) is 0 Å². The van der Waals surface area contributed by atoms with Crippen molar-refractivity contribution in [2.24, 2.45) is 5.92 Å². The molecule has 0 unspecified atom stereocenters. The molecule has 2 fully saturated rings. The first-order valence-electron chi connectivity index (χ1n) is 10.1. The van der Waals surface area contributed by atoms with Crippen LogP contribution in [0.5, 0.6) is 0 Å². The lowest BCUT2D eigenvalue weighted by molar-refractivity contribution is 0.0936. The Labute approximate surface area is 161 Å². The molecule has 0 saturated carbocycles. The highest BCUT2D eigenvalue weighted by atomic mass is 16.5. The molecule has 0 bridgehead atoms. The summed E-state index contributed by atoms with van der Waals surface area (Å²) in [7, 11) is 0. The Morgan fingerprint density at radius 2 is 2.00 bits per heavy atom. The summed E-state index contributed by atoms with van der Waals surface area (Å²) in [6.45, 7) is 8.25. The van der Waals surface area contributed by atoms with E-state index in [1.807, 2.05) is 6.92 Å². The second kappa shape index (κ2) is 8.09. The van der Waals surface area contributed by atoms with Gasteiger partial charge in [0.05, 0.1) is 5.41 Å². The molecule has 0 amide bonds. The van der Waals surface area contributed by atoms with Gasteiger partial charge in [-0.25, -0.2) is 0 Å². The Morgan fingerprint density at radius 3 is 2.74 bits per heavy atom. The van der Waals surface area contributed by atoms with Gasteiger partial charge in [-0.1, -0.05) is 35.5 Å². The van der Waals surface area contributed by atoms with Crippen LogP contribution in [0.15, 0.2) is 34.9 Å². The zero-order valence-corrected chi connectivity index (χ0v) is 16.2. The van der Waals surface area contributed by atoms with Crippen molar-refractivity contribution >= 4 is 0 Å². The van der Waals surface area contributed by atoms with Crippen LogP contribution < -0.4 is 0 Å². The van der Waals surface area contributed by atoms with E-state index in [1.165, 1.54) is 5.56 Å². The van der Waals surface area contributed by atoms with E-state index in [0.29, 0.717) is 11.7 Å². The van der Waals surface area contributed by atoms with E-state index in [4.69, 9.17) is 4.52 Å². The molecule has 2 aliphatic rings. The third-order valence-electron chi connectivity index (χ3n) is 6.21. The average Bonchev–Trinajstić information content (AvgIpc) is 3.29. The number of rotatable bonds is 7. The average molecular weight is 370 g/mol. The fourth-order valence-corrected chi connectivity index (χ4v) is 4.84. The maximum absolute atomic E-state index is 9.21. The van der Waals surface area contributed by atoms with Crippen molar-refractivity contribution in [2.75, 3.05) is 45.9 Å². The van der Waals surface area contributed by atoms with Crippen LogP contribution in [0.3, 0.4) is 0 Å². The Balaban J connectivity index is 1.50. The maximum Gasteiger partial charge on any atom is 0.235 e. The van der Waals surface area contributed by atoms with E-state index in [1.54, 1.807) is 0 Å². The molecule has 0 aliphatic carbocycles. The summed E-state index contributed by atoms with van der Waals surface area (Å²) in [6.07, 6.45) is 3.05. The van der Waals surface area contributed by atoms with Gasteiger partial charge in [0.25, 0.3) is 0 Å². The van der Waals surface area contributed by atoms with Crippen molar-refractivity contribution in [3.63, 3.8) is 0 Å². The Morgan fingerprint density at radius 1 is 1.19 bits per heavy atom. The van der Waals surface area contributed by atoms with E-state index in [0.717, 1.165) is 64.4 Å². The van der Waals surface area contributed by atoms with Gasteiger partial charge in [0.2, 0.25) is 5.89 Å². The molecule has 2 aliphatic heterocycles. The molecule has 0 radical (unpaired) electrons. The number of aliphatic hydroxyl groups is 1. The molecule has 6 nitrogen and oxygen atoms in total. The number of aryl methyl sites for hydroxylation is 1. The van der Waals surface area contributed by atoms with Crippen molar-refractivity contribution < 1.29 is 9.63 Å². The van der Waals surface area contributed by atoms with Gasteiger partial charge in [0.1, 0.15) is 0 Å². The van der Waals surface area contributed by atoms with Gasteiger partial charge in [-0.15, -0.1) is 0 Å². The molecule has 2 atom stereocenters. The van der Waals surface area contributed by atoms with Gasteiger partial charge in [-0.2, -0.15) is 4.98 Å². The first-order valence-corrected chi connectivity index (χ1v) is 10.1. The largest absolute Gasteiger partial charge is 0.396 e. The maximum atomic E-state index is 9.21. The summed E-state index contributed by atoms with van der Waals surface area (Å²) in [5, 5.41) is 13.3. The molecule has 1 aromatic heterocycles. The fraction of sp³-hybridized carbons (Fsp3) is 0.619. The number of fused-ring (bicyclic) bond motifs is 1. The summed E-state index contributed by atoms with van der Waals surface area (Å²) in [4.78, 5) is 9.70. The number of likely N-dealkylation sites (tertiary alicyclic amines) is 2. The van der Waals surface area contributed by atoms with Crippen molar-refractivity contribution in [2.45, 2.75) is 31.6 Å². The van der Waals surface area contributed by atoms with Crippen LogP contribution in [0.2, 0.25) is 0 Å². The smallest absolute Gasteiger partial charge is 0.235 e. The number of aliphatic hydroxyl groups excluding tert-OH is 1. The summed E-state index contributed by atoms with van der Waals surface area (Å²) >= 11 is 0. The van der Waals surface area contributed by atoms with E-state index >= 15 is 0 Å². The minimum Gasteiger partial charge on any atom is -0.396 e. The third-order valence-corrected chi connectivity index (χ3v) is 6.21. The monoisotopic (exact) mass is 370 g/mol. The van der Waals surface area contributed by atoms with E-state index < -0.39 is 0 Å². The number of nitrogens with zero attached hydrogens (tertiary/aromatic N) is 4. The Bertz CT molecular complexity index is 735. The van der Waals surface area contributed by atoms with Crippen LogP contribution in [0, 0.1) is 12.8 Å². The molecule has 0 spiro atoms. The van der Waals surface area contributed by atoms with Gasteiger partial charge in [0.15, 0.2) is 5.82 Å². The lowest BCUT2D eigenvalue weighted by atomic mass is 9.73. The van der Waals surface area contributed by atoms with Crippen LogP contribution in [0.25, 0.3) is 0 Å².